The van der Waals surface area contributed by atoms with Crippen molar-refractivity contribution in [2.45, 2.75) is 85.0 Å². The summed E-state index contributed by atoms with van der Waals surface area (Å²) in [5.74, 6) is -0.944. The average molecular weight is 771 g/mol. The Morgan fingerprint density at radius 3 is 1.79 bits per heavy atom. The van der Waals surface area contributed by atoms with Crippen molar-refractivity contribution in [3.8, 4) is 22.3 Å². The Morgan fingerprint density at radius 1 is 0.649 bits per heavy atom. The fourth-order valence-corrected chi connectivity index (χ4v) is 6.91. The van der Waals surface area contributed by atoms with Crippen LogP contribution in [-0.4, -0.2) is 52.3 Å². The number of fused-ring (bicyclic) bond motifs is 2. The number of hydrogen-bond donors (Lipinski definition) is 3. The molecule has 0 aliphatic carbocycles. The van der Waals surface area contributed by atoms with Crippen LogP contribution >= 0.6 is 0 Å². The van der Waals surface area contributed by atoms with Crippen molar-refractivity contribution in [3.63, 3.8) is 0 Å². The molecule has 2 aromatic heterocycles. The zero-order valence-electron chi connectivity index (χ0n) is 33.7. The second kappa shape index (κ2) is 20.9. The molecule has 298 valence electrons. The molecule has 0 unspecified atom stereocenters. The number of nitrogens with zero attached hydrogens (tertiary/aromatic N) is 3. The first-order chi connectivity index (χ1) is 27.5. The topological polar surface area (TPSA) is 116 Å². The minimum atomic E-state index is -0.950. The highest BCUT2D eigenvalue weighted by Crippen LogP contribution is 2.34. The van der Waals surface area contributed by atoms with Gasteiger partial charge in [0.1, 0.15) is 30.5 Å². The summed E-state index contributed by atoms with van der Waals surface area (Å²) in [6, 6.07) is 31.3. The Labute approximate surface area is 335 Å². The first kappa shape index (κ1) is 42.3. The summed E-state index contributed by atoms with van der Waals surface area (Å²) in [7, 11) is 1.76. The van der Waals surface area contributed by atoms with Gasteiger partial charge >= 0.3 is 11.9 Å². The highest BCUT2D eigenvalue weighted by molar-refractivity contribution is 5.98. The lowest BCUT2D eigenvalue weighted by atomic mass is 9.97. The van der Waals surface area contributed by atoms with Crippen LogP contribution in [0.25, 0.3) is 44.1 Å². The molecule has 6 rings (SSSR count). The molecule has 0 radical (unpaired) electrons. The van der Waals surface area contributed by atoms with Crippen LogP contribution in [0.5, 0.6) is 0 Å². The maximum Gasteiger partial charge on any atom is 0.323 e. The number of carbonyl (C=O) groups is 2. The van der Waals surface area contributed by atoms with Crippen molar-refractivity contribution < 1.29 is 24.2 Å². The van der Waals surface area contributed by atoms with Gasteiger partial charge in [0.25, 0.3) is 0 Å². The molecule has 0 aliphatic rings. The second-order valence-electron chi connectivity index (χ2n) is 14.8. The molecule has 0 aliphatic heterocycles. The molecule has 57 heavy (non-hydrogen) atoms. The molecule has 9 heteroatoms. The molecule has 6 aromatic rings. The zero-order chi connectivity index (χ0) is 40.7. The van der Waals surface area contributed by atoms with Crippen molar-refractivity contribution in [1.29, 1.82) is 0 Å². The van der Waals surface area contributed by atoms with Gasteiger partial charge in [-0.1, -0.05) is 106 Å². The van der Waals surface area contributed by atoms with Crippen LogP contribution in [0.1, 0.15) is 81.9 Å². The number of carboxylic acid groups (broad SMARTS) is 2. The number of benzene rings is 4. The molecule has 4 aromatic carbocycles. The molecule has 0 fully saturated rings. The van der Waals surface area contributed by atoms with Crippen LogP contribution in [0.4, 0.5) is 16.0 Å². The normalized spacial score (nSPS) is 11.0. The van der Waals surface area contributed by atoms with E-state index in [9.17, 15) is 14.0 Å². The van der Waals surface area contributed by atoms with Crippen LogP contribution in [-0.2, 0) is 22.4 Å². The van der Waals surface area contributed by atoms with Gasteiger partial charge in [-0.2, -0.15) is 0 Å². The van der Waals surface area contributed by atoms with Crippen molar-refractivity contribution in [2.24, 2.45) is 0 Å². The average Bonchev–Trinajstić information content (AvgIpc) is 3.20. The van der Waals surface area contributed by atoms with Gasteiger partial charge in [-0.15, -0.1) is 0 Å². The monoisotopic (exact) mass is 770 g/mol. The highest BCUT2D eigenvalue weighted by atomic mass is 19.1. The van der Waals surface area contributed by atoms with Crippen molar-refractivity contribution in [1.82, 2.24) is 9.97 Å². The summed E-state index contributed by atoms with van der Waals surface area (Å²) in [5, 5.41) is 23.0. The summed E-state index contributed by atoms with van der Waals surface area (Å²) in [6.45, 7) is 6.20. The molecule has 0 atom stereocenters. The second-order valence-corrected chi connectivity index (χ2v) is 14.8. The molecule has 0 amide bonds. The van der Waals surface area contributed by atoms with E-state index >= 15 is 0 Å². The van der Waals surface area contributed by atoms with Gasteiger partial charge in [0.15, 0.2) is 0 Å². The molecule has 0 spiro atoms. The Kier molecular flexibility index (Phi) is 15.5. The Hall–Kier alpha value is -5.83. The van der Waals surface area contributed by atoms with Gasteiger partial charge in [0.2, 0.25) is 0 Å². The summed E-state index contributed by atoms with van der Waals surface area (Å²) in [4.78, 5) is 33.0. The maximum atomic E-state index is 13.4. The third-order valence-electron chi connectivity index (χ3n) is 10.1. The lowest BCUT2D eigenvalue weighted by Gasteiger charge is -2.19. The lowest BCUT2D eigenvalue weighted by molar-refractivity contribution is -0.136. The SMILES string of the molecule is CCCCCCCCc1ccc2nc(NCC(=O)O)cc(-c3ccc(F)cc3)c2c1.CCCCc1ccc2nc(N(C)CC(=O)O)cc(-c3ccc(C)cc3)c2c1. The third kappa shape index (κ3) is 12.3. The number of halogens is 1. The summed E-state index contributed by atoms with van der Waals surface area (Å²) < 4.78 is 13.4. The molecular weight excluding hydrogens is 716 g/mol. The van der Waals surface area contributed by atoms with E-state index in [1.807, 2.05) is 18.2 Å². The number of aryl methyl sites for hydroxylation is 3. The summed E-state index contributed by atoms with van der Waals surface area (Å²) in [5.41, 5.74) is 9.45. The van der Waals surface area contributed by atoms with Crippen LogP contribution in [0.3, 0.4) is 0 Å². The summed E-state index contributed by atoms with van der Waals surface area (Å²) >= 11 is 0. The fraction of sp³-hybridized carbons (Fsp3) is 0.333. The van der Waals surface area contributed by atoms with Crippen LogP contribution in [0.15, 0.2) is 97.1 Å². The van der Waals surface area contributed by atoms with Gasteiger partial charge < -0.3 is 20.4 Å². The Balaban J connectivity index is 0.000000219. The predicted octanol–water partition coefficient (Wildman–Crippen LogP) is 11.5. The quantitative estimate of drug-likeness (QED) is 0.0740. The lowest BCUT2D eigenvalue weighted by Crippen LogP contribution is -2.26. The molecular formula is C48H55FN4O4. The van der Waals surface area contributed by atoms with E-state index in [-0.39, 0.29) is 18.9 Å². The van der Waals surface area contributed by atoms with Crippen molar-refractivity contribution >= 4 is 45.4 Å². The largest absolute Gasteiger partial charge is 0.480 e. The molecule has 0 bridgehead atoms. The van der Waals surface area contributed by atoms with E-state index in [1.165, 1.54) is 67.3 Å². The number of aromatic nitrogens is 2. The molecule has 0 saturated carbocycles. The fourth-order valence-electron chi connectivity index (χ4n) is 6.91. The van der Waals surface area contributed by atoms with E-state index in [0.29, 0.717) is 11.6 Å². The van der Waals surface area contributed by atoms with E-state index in [0.717, 1.165) is 69.7 Å². The van der Waals surface area contributed by atoms with E-state index < -0.39 is 11.9 Å². The van der Waals surface area contributed by atoms with Gasteiger partial charge in [0, 0.05) is 17.8 Å². The Morgan fingerprint density at radius 2 is 1.19 bits per heavy atom. The van der Waals surface area contributed by atoms with Gasteiger partial charge in [-0.25, -0.2) is 14.4 Å². The number of anilines is 2. The third-order valence-corrected chi connectivity index (χ3v) is 10.1. The minimum absolute atomic E-state index is 0.0829. The maximum absolute atomic E-state index is 13.4. The number of rotatable bonds is 18. The van der Waals surface area contributed by atoms with E-state index in [4.69, 9.17) is 15.2 Å². The minimum Gasteiger partial charge on any atom is -0.480 e. The number of nitrogens with one attached hydrogen (secondary N) is 1. The highest BCUT2D eigenvalue weighted by Gasteiger charge is 2.14. The van der Waals surface area contributed by atoms with Crippen LogP contribution in [0, 0.1) is 12.7 Å². The number of carboxylic acids is 2. The first-order valence-corrected chi connectivity index (χ1v) is 20.1. The number of aliphatic carboxylic acids is 2. The number of unbranched alkanes of at least 4 members (excludes halogenated alkanes) is 6. The first-order valence-electron chi connectivity index (χ1n) is 20.1. The van der Waals surface area contributed by atoms with Gasteiger partial charge in [-0.3, -0.25) is 9.59 Å². The predicted molar refractivity (Wildman–Crippen MR) is 232 cm³/mol. The summed E-state index contributed by atoms with van der Waals surface area (Å²) in [6.07, 6.45) is 11.9. The Bertz CT molecular complexity index is 2260. The molecule has 2 heterocycles. The van der Waals surface area contributed by atoms with Crippen molar-refractivity contribution in [2.75, 3.05) is 30.4 Å². The smallest absolute Gasteiger partial charge is 0.323 e. The number of likely N-dealkylation sites (N-methyl/N-ethyl adjacent to an activating group) is 1. The zero-order valence-corrected chi connectivity index (χ0v) is 33.7. The molecule has 3 N–H and O–H groups in total. The molecule has 8 nitrogen and oxygen atoms in total. The standard InChI is InChI=1S/C25H29FN2O2.C23H26N2O2/c1-2-3-4-5-6-7-8-18-9-14-23-22(15-18)21(19-10-12-20(26)13-11-19)16-24(28-23)27-17-25(29)30;1-4-5-6-17-9-12-21-20(13-17)19(18-10-7-16(2)8-11-18)14-22(24-21)25(3)15-23(26)27/h9-16H,2-8,17H2,1H3,(H,27,28)(H,29,30);7-14H,4-6,15H2,1-3H3,(H,26,27). The van der Waals surface area contributed by atoms with E-state index in [1.54, 1.807) is 24.1 Å². The number of pyridine rings is 2. The van der Waals surface area contributed by atoms with Crippen molar-refractivity contribution in [3.05, 3.63) is 120 Å². The molecule has 0 saturated heterocycles. The van der Waals surface area contributed by atoms with E-state index in [2.05, 4.69) is 85.7 Å². The van der Waals surface area contributed by atoms with Crippen LogP contribution in [0.2, 0.25) is 0 Å². The van der Waals surface area contributed by atoms with Gasteiger partial charge in [-0.05, 0) is 115 Å². The number of hydrogen-bond acceptors (Lipinski definition) is 6. The van der Waals surface area contributed by atoms with Gasteiger partial charge in [0.05, 0.1) is 11.0 Å². The van der Waals surface area contributed by atoms with Crippen LogP contribution < -0.4 is 10.2 Å².